The Morgan fingerprint density at radius 1 is 1.15 bits per heavy atom. The molecule has 0 atom stereocenters. The molecule has 0 heterocycles. The van der Waals surface area contributed by atoms with E-state index in [1.54, 1.807) is 12.1 Å². The number of nitrogens with one attached hydrogen (secondary N) is 1. The van der Waals surface area contributed by atoms with Crippen molar-refractivity contribution in [3.05, 3.63) is 59.2 Å². The van der Waals surface area contributed by atoms with Crippen molar-refractivity contribution >= 4 is 11.6 Å². The minimum Gasteiger partial charge on any atom is -0.496 e. The van der Waals surface area contributed by atoms with Crippen molar-refractivity contribution in [2.75, 3.05) is 19.0 Å². The standard InChI is InChI=1S/C20H22F3NO3/c1-13(2)11-27-12-15-10-14(8-9-18(15)26-3)19(25)24-17-7-5-4-6-16(17)20(21,22)23/h4-10,13H,11-12H2,1-3H3,(H,24,25). The molecule has 7 heteroatoms. The Kier molecular flexibility index (Phi) is 6.85. The van der Waals surface area contributed by atoms with Gasteiger partial charge in [0.15, 0.2) is 0 Å². The molecular weight excluding hydrogens is 359 g/mol. The molecule has 0 unspecified atom stereocenters. The van der Waals surface area contributed by atoms with Crippen LogP contribution in [0.3, 0.4) is 0 Å². The Balaban J connectivity index is 2.22. The summed E-state index contributed by atoms with van der Waals surface area (Å²) in [6.07, 6.45) is -4.56. The summed E-state index contributed by atoms with van der Waals surface area (Å²) in [5.41, 5.74) is -0.318. The summed E-state index contributed by atoms with van der Waals surface area (Å²) >= 11 is 0. The number of rotatable bonds is 7. The number of anilines is 1. The summed E-state index contributed by atoms with van der Waals surface area (Å²) in [6, 6.07) is 9.51. The Bertz CT molecular complexity index is 788. The van der Waals surface area contributed by atoms with Crippen LogP contribution in [0.4, 0.5) is 18.9 Å². The van der Waals surface area contributed by atoms with Gasteiger partial charge in [-0.1, -0.05) is 26.0 Å². The molecule has 4 nitrogen and oxygen atoms in total. The SMILES string of the molecule is COc1ccc(C(=O)Nc2ccccc2C(F)(F)F)cc1COCC(C)C. The second-order valence-corrected chi connectivity index (χ2v) is 6.43. The molecule has 0 aliphatic rings. The van der Waals surface area contributed by atoms with E-state index in [4.69, 9.17) is 9.47 Å². The molecule has 27 heavy (non-hydrogen) atoms. The van der Waals surface area contributed by atoms with Crippen molar-refractivity contribution in [1.82, 2.24) is 0 Å². The van der Waals surface area contributed by atoms with Gasteiger partial charge in [-0.15, -0.1) is 0 Å². The molecule has 146 valence electrons. The molecule has 0 saturated heterocycles. The van der Waals surface area contributed by atoms with Crippen LogP contribution < -0.4 is 10.1 Å². The van der Waals surface area contributed by atoms with Gasteiger partial charge in [0.1, 0.15) is 5.75 Å². The van der Waals surface area contributed by atoms with Crippen LogP contribution in [0.2, 0.25) is 0 Å². The first-order valence-corrected chi connectivity index (χ1v) is 8.44. The van der Waals surface area contributed by atoms with Crippen LogP contribution >= 0.6 is 0 Å². The Morgan fingerprint density at radius 2 is 1.85 bits per heavy atom. The number of halogens is 3. The van der Waals surface area contributed by atoms with Crippen molar-refractivity contribution < 1.29 is 27.4 Å². The van der Waals surface area contributed by atoms with Crippen molar-refractivity contribution in [2.45, 2.75) is 26.6 Å². The number of carbonyl (C=O) groups excluding carboxylic acids is 1. The molecule has 1 N–H and O–H groups in total. The molecule has 0 saturated carbocycles. The molecule has 0 aliphatic heterocycles. The predicted octanol–water partition coefficient (Wildman–Crippen LogP) is 5.14. The van der Waals surface area contributed by atoms with Gasteiger partial charge < -0.3 is 14.8 Å². The molecule has 2 rings (SSSR count). The Morgan fingerprint density at radius 3 is 2.48 bits per heavy atom. The van der Waals surface area contributed by atoms with E-state index in [0.717, 1.165) is 6.07 Å². The first kappa shape index (κ1) is 20.8. The van der Waals surface area contributed by atoms with Crippen molar-refractivity contribution in [3.8, 4) is 5.75 Å². The van der Waals surface area contributed by atoms with Gasteiger partial charge in [-0.05, 0) is 36.2 Å². The lowest BCUT2D eigenvalue weighted by atomic mass is 10.1. The average molecular weight is 381 g/mol. The monoisotopic (exact) mass is 381 g/mol. The third-order valence-electron chi connectivity index (χ3n) is 3.73. The van der Waals surface area contributed by atoms with E-state index in [9.17, 15) is 18.0 Å². The molecule has 2 aromatic rings. The van der Waals surface area contributed by atoms with Crippen LogP contribution in [0.1, 0.15) is 35.3 Å². The van der Waals surface area contributed by atoms with Crippen molar-refractivity contribution in [2.24, 2.45) is 5.92 Å². The molecule has 0 aliphatic carbocycles. The molecule has 0 aromatic heterocycles. The van der Waals surface area contributed by atoms with Crippen LogP contribution in [-0.4, -0.2) is 19.6 Å². The highest BCUT2D eigenvalue weighted by molar-refractivity contribution is 6.04. The van der Waals surface area contributed by atoms with Crippen molar-refractivity contribution in [3.63, 3.8) is 0 Å². The number of amides is 1. The second kappa shape index (κ2) is 8.90. The fourth-order valence-electron chi connectivity index (χ4n) is 2.47. The number of alkyl halides is 3. The summed E-state index contributed by atoms with van der Waals surface area (Å²) in [4.78, 5) is 12.5. The quantitative estimate of drug-likeness (QED) is 0.723. The molecule has 2 aromatic carbocycles. The highest BCUT2D eigenvalue weighted by Gasteiger charge is 2.33. The number of benzene rings is 2. The lowest BCUT2D eigenvalue weighted by Gasteiger charge is -2.15. The minimum atomic E-state index is -4.56. The predicted molar refractivity (Wildman–Crippen MR) is 96.9 cm³/mol. The van der Waals surface area contributed by atoms with Gasteiger partial charge in [0, 0.05) is 17.7 Å². The topological polar surface area (TPSA) is 47.6 Å². The van der Waals surface area contributed by atoms with Crippen molar-refractivity contribution in [1.29, 1.82) is 0 Å². The fourth-order valence-corrected chi connectivity index (χ4v) is 2.47. The van der Waals surface area contributed by atoms with E-state index >= 15 is 0 Å². The summed E-state index contributed by atoms with van der Waals surface area (Å²) < 4.78 is 50.1. The van der Waals surface area contributed by atoms with E-state index in [-0.39, 0.29) is 17.9 Å². The Labute approximate surface area is 156 Å². The zero-order chi connectivity index (χ0) is 20.0. The van der Waals surface area contributed by atoms with Crippen LogP contribution in [0.25, 0.3) is 0 Å². The third kappa shape index (κ3) is 5.72. The molecule has 0 bridgehead atoms. The number of para-hydroxylation sites is 1. The molecular formula is C20H22F3NO3. The maximum Gasteiger partial charge on any atom is 0.418 e. The fraction of sp³-hybridized carbons (Fsp3) is 0.350. The van der Waals surface area contributed by atoms with Crippen LogP contribution in [0.15, 0.2) is 42.5 Å². The maximum absolute atomic E-state index is 13.1. The van der Waals surface area contributed by atoms with Gasteiger partial charge in [0.25, 0.3) is 5.91 Å². The maximum atomic E-state index is 13.1. The van der Waals surface area contributed by atoms with E-state index in [0.29, 0.717) is 23.8 Å². The molecule has 0 radical (unpaired) electrons. The summed E-state index contributed by atoms with van der Waals surface area (Å²) in [5, 5.41) is 2.33. The zero-order valence-electron chi connectivity index (χ0n) is 15.4. The highest BCUT2D eigenvalue weighted by Crippen LogP contribution is 2.34. The first-order valence-electron chi connectivity index (χ1n) is 8.44. The highest BCUT2D eigenvalue weighted by atomic mass is 19.4. The molecule has 0 spiro atoms. The number of methoxy groups -OCH3 is 1. The van der Waals surface area contributed by atoms with Gasteiger partial charge in [0.05, 0.1) is 25.0 Å². The first-order chi connectivity index (χ1) is 12.7. The van der Waals surface area contributed by atoms with Crippen LogP contribution in [0, 0.1) is 5.92 Å². The largest absolute Gasteiger partial charge is 0.496 e. The molecule has 1 amide bonds. The minimum absolute atomic E-state index is 0.218. The van der Waals surface area contributed by atoms with E-state index in [2.05, 4.69) is 5.32 Å². The van der Waals surface area contributed by atoms with Gasteiger partial charge >= 0.3 is 6.18 Å². The number of hydrogen-bond donors (Lipinski definition) is 1. The summed E-state index contributed by atoms with van der Waals surface area (Å²) in [6.45, 7) is 4.80. The van der Waals surface area contributed by atoms with E-state index in [1.165, 1.54) is 31.4 Å². The lowest BCUT2D eigenvalue weighted by Crippen LogP contribution is -2.17. The van der Waals surface area contributed by atoms with Gasteiger partial charge in [-0.2, -0.15) is 13.2 Å². The average Bonchev–Trinajstić information content (AvgIpc) is 2.60. The zero-order valence-corrected chi connectivity index (χ0v) is 15.4. The van der Waals surface area contributed by atoms with E-state index in [1.807, 2.05) is 13.8 Å². The number of hydrogen-bond acceptors (Lipinski definition) is 3. The van der Waals surface area contributed by atoms with Gasteiger partial charge in [0.2, 0.25) is 0 Å². The molecule has 0 fully saturated rings. The normalized spacial score (nSPS) is 11.5. The smallest absolute Gasteiger partial charge is 0.418 e. The summed E-state index contributed by atoms with van der Waals surface area (Å²) in [5.74, 6) is 0.256. The van der Waals surface area contributed by atoms with Gasteiger partial charge in [-0.3, -0.25) is 4.79 Å². The number of ether oxygens (including phenoxy) is 2. The van der Waals surface area contributed by atoms with Crippen LogP contribution in [-0.2, 0) is 17.5 Å². The van der Waals surface area contributed by atoms with E-state index < -0.39 is 17.6 Å². The number of carbonyl (C=O) groups is 1. The Hall–Kier alpha value is -2.54. The second-order valence-electron chi connectivity index (χ2n) is 6.43. The summed E-state index contributed by atoms with van der Waals surface area (Å²) in [7, 11) is 1.50. The lowest BCUT2D eigenvalue weighted by molar-refractivity contribution is -0.136. The van der Waals surface area contributed by atoms with Crippen LogP contribution in [0.5, 0.6) is 5.75 Å². The van der Waals surface area contributed by atoms with Gasteiger partial charge in [-0.25, -0.2) is 0 Å². The third-order valence-corrected chi connectivity index (χ3v) is 3.73.